The molecule has 1 amide bonds. The molecule has 0 unspecified atom stereocenters. The Kier molecular flexibility index (Phi) is 5.18. The van der Waals surface area contributed by atoms with Crippen LogP contribution in [0.4, 0.5) is 0 Å². The molecule has 3 heterocycles. The number of hydrogen-bond acceptors (Lipinski definition) is 4. The first kappa shape index (κ1) is 20.4. The summed E-state index contributed by atoms with van der Waals surface area (Å²) in [5.41, 5.74) is 3.09. The number of hydrogen-bond donors (Lipinski definition) is 0. The monoisotopic (exact) mass is 437 g/mol. The van der Waals surface area contributed by atoms with Crippen molar-refractivity contribution in [1.82, 2.24) is 14.2 Å². The van der Waals surface area contributed by atoms with Gasteiger partial charge in [-0.25, -0.2) is 13.4 Å². The fourth-order valence-corrected chi connectivity index (χ4v) is 6.39. The van der Waals surface area contributed by atoms with Crippen LogP contribution in [0.25, 0.3) is 0 Å². The summed E-state index contributed by atoms with van der Waals surface area (Å²) in [5.74, 6) is 0.236. The van der Waals surface area contributed by atoms with E-state index >= 15 is 0 Å². The van der Waals surface area contributed by atoms with Gasteiger partial charge in [-0.3, -0.25) is 4.79 Å². The zero-order chi connectivity index (χ0) is 21.5. The molecular formula is C24H27N3O3S. The maximum Gasteiger partial charge on any atom is 0.261 e. The summed E-state index contributed by atoms with van der Waals surface area (Å²) in [6.45, 7) is 2.06. The van der Waals surface area contributed by atoms with Gasteiger partial charge in [0.05, 0.1) is 5.41 Å². The maximum atomic E-state index is 13.6. The van der Waals surface area contributed by atoms with Crippen LogP contribution in [0.1, 0.15) is 37.7 Å². The van der Waals surface area contributed by atoms with Gasteiger partial charge >= 0.3 is 0 Å². The van der Waals surface area contributed by atoms with Gasteiger partial charge < -0.3 is 4.90 Å². The molecule has 5 rings (SSSR count). The van der Waals surface area contributed by atoms with Gasteiger partial charge in [0.15, 0.2) is 5.03 Å². The summed E-state index contributed by atoms with van der Waals surface area (Å²) in [4.78, 5) is 19.5. The fourth-order valence-electron chi connectivity index (χ4n) is 5.03. The first-order valence-corrected chi connectivity index (χ1v) is 12.4. The largest absolute Gasteiger partial charge is 0.334 e. The lowest BCUT2D eigenvalue weighted by atomic mass is 9.68. The molecular weight excluding hydrogens is 410 g/mol. The van der Waals surface area contributed by atoms with Gasteiger partial charge in [0, 0.05) is 32.4 Å². The van der Waals surface area contributed by atoms with Crippen molar-refractivity contribution in [3.63, 3.8) is 0 Å². The van der Waals surface area contributed by atoms with E-state index in [0.29, 0.717) is 26.2 Å². The molecule has 0 bridgehead atoms. The van der Waals surface area contributed by atoms with Crippen LogP contribution in [0.15, 0.2) is 70.9 Å². The Labute approximate surface area is 183 Å². The molecule has 6 nitrogen and oxygen atoms in total. The summed E-state index contributed by atoms with van der Waals surface area (Å²) in [6.07, 6.45) is 6.68. The number of aromatic nitrogens is 1. The third-order valence-electron chi connectivity index (χ3n) is 6.97. The molecule has 3 fully saturated rings. The van der Waals surface area contributed by atoms with Crippen LogP contribution < -0.4 is 0 Å². The maximum absolute atomic E-state index is 13.6. The quantitative estimate of drug-likeness (QED) is 0.689. The van der Waals surface area contributed by atoms with Gasteiger partial charge in [-0.1, -0.05) is 55.7 Å². The predicted octanol–water partition coefficient (Wildman–Crippen LogP) is 3.13. The van der Waals surface area contributed by atoms with Crippen molar-refractivity contribution in [2.75, 3.05) is 26.2 Å². The molecule has 1 aliphatic carbocycles. The lowest BCUT2D eigenvalue weighted by molar-refractivity contribution is -0.140. The number of rotatable bonds is 4. The third kappa shape index (κ3) is 3.49. The molecule has 1 aromatic heterocycles. The molecule has 3 aliphatic rings. The van der Waals surface area contributed by atoms with Crippen LogP contribution in [-0.2, 0) is 20.2 Å². The Bertz CT molecular complexity index is 1090. The highest BCUT2D eigenvalue weighted by Crippen LogP contribution is 2.42. The molecule has 1 saturated carbocycles. The Morgan fingerprint density at radius 1 is 0.839 bits per heavy atom. The number of amides is 1. The molecule has 2 saturated heterocycles. The van der Waals surface area contributed by atoms with E-state index in [-0.39, 0.29) is 10.9 Å². The predicted molar refractivity (Wildman–Crippen MR) is 118 cm³/mol. The van der Waals surface area contributed by atoms with Gasteiger partial charge in [-0.05, 0) is 41.7 Å². The number of likely N-dealkylation sites (tertiary alicyclic amines) is 1. The molecule has 31 heavy (non-hydrogen) atoms. The van der Waals surface area contributed by atoms with Crippen LogP contribution in [0, 0.1) is 0 Å². The van der Waals surface area contributed by atoms with Gasteiger partial charge in [0.25, 0.3) is 10.0 Å². The minimum absolute atomic E-state index is 0.0894. The Morgan fingerprint density at radius 3 is 2.13 bits per heavy atom. The third-order valence-corrected chi connectivity index (χ3v) is 8.68. The first-order valence-electron chi connectivity index (χ1n) is 11.0. The highest BCUT2D eigenvalue weighted by molar-refractivity contribution is 7.89. The lowest BCUT2D eigenvalue weighted by Crippen LogP contribution is -2.56. The highest BCUT2D eigenvalue weighted by Gasteiger charge is 2.46. The van der Waals surface area contributed by atoms with E-state index in [1.165, 1.54) is 28.6 Å². The van der Waals surface area contributed by atoms with Crippen molar-refractivity contribution in [1.29, 1.82) is 0 Å². The fraction of sp³-hybridized carbons (Fsp3) is 0.417. The smallest absolute Gasteiger partial charge is 0.261 e. The second-order valence-corrected chi connectivity index (χ2v) is 10.7. The topological polar surface area (TPSA) is 70.6 Å². The number of carbonyl (C=O) groups is 1. The molecule has 0 atom stereocenters. The van der Waals surface area contributed by atoms with Crippen molar-refractivity contribution in [3.8, 4) is 0 Å². The standard InChI is InChI=1S/C24H27N3O3S/c28-23(24(12-6-2-7-13-24)21-9-3-1-4-10-21)26-15-19(16-26)20-17-27(18-20)31(29,30)22-11-5-8-14-25-22/h1,3-5,8-11,14H,2,6-7,12-13,15-18H2. The molecule has 0 spiro atoms. The van der Waals surface area contributed by atoms with Crippen molar-refractivity contribution in [2.45, 2.75) is 42.5 Å². The molecule has 1 aromatic carbocycles. The van der Waals surface area contributed by atoms with Crippen molar-refractivity contribution < 1.29 is 13.2 Å². The van der Waals surface area contributed by atoms with Crippen LogP contribution >= 0.6 is 0 Å². The van der Waals surface area contributed by atoms with Crippen molar-refractivity contribution in [3.05, 3.63) is 71.4 Å². The second kappa shape index (κ2) is 7.88. The van der Waals surface area contributed by atoms with Gasteiger partial charge in [0.1, 0.15) is 0 Å². The summed E-state index contributed by atoms with van der Waals surface area (Å²) in [7, 11) is -3.54. The van der Waals surface area contributed by atoms with E-state index in [1.54, 1.807) is 12.1 Å². The normalized spacial score (nSPS) is 21.4. The van der Waals surface area contributed by atoms with Gasteiger partial charge in [0.2, 0.25) is 5.91 Å². The molecule has 0 N–H and O–H groups in total. The van der Waals surface area contributed by atoms with E-state index < -0.39 is 15.4 Å². The molecule has 0 radical (unpaired) electrons. The number of pyridine rings is 1. The average Bonchev–Trinajstić information content (AvgIpc) is 2.75. The number of carbonyl (C=O) groups excluding carboxylic acids is 1. The average molecular weight is 438 g/mol. The van der Waals surface area contributed by atoms with Crippen LogP contribution in [0.5, 0.6) is 0 Å². The Morgan fingerprint density at radius 2 is 1.48 bits per heavy atom. The van der Waals surface area contributed by atoms with E-state index in [2.05, 4.69) is 17.1 Å². The Hall–Kier alpha value is -2.51. The highest BCUT2D eigenvalue weighted by atomic mass is 32.2. The van der Waals surface area contributed by atoms with Crippen LogP contribution in [-0.4, -0.2) is 54.7 Å². The van der Waals surface area contributed by atoms with Gasteiger partial charge in [-0.15, -0.1) is 0 Å². The minimum atomic E-state index is -3.54. The Balaban J connectivity index is 1.27. The van der Waals surface area contributed by atoms with E-state index in [9.17, 15) is 13.2 Å². The summed E-state index contributed by atoms with van der Waals surface area (Å²) in [5, 5.41) is 0.0894. The zero-order valence-corrected chi connectivity index (χ0v) is 18.4. The molecule has 2 aromatic rings. The minimum Gasteiger partial charge on any atom is -0.334 e. The number of benzene rings is 1. The molecule has 2 aliphatic heterocycles. The summed E-state index contributed by atoms with van der Waals surface area (Å²) in [6, 6.07) is 15.1. The number of sulfonamides is 1. The van der Waals surface area contributed by atoms with E-state index in [1.807, 2.05) is 23.1 Å². The van der Waals surface area contributed by atoms with Crippen LogP contribution in [0.2, 0.25) is 0 Å². The molecule has 162 valence electrons. The van der Waals surface area contributed by atoms with Crippen LogP contribution in [0.3, 0.4) is 0 Å². The summed E-state index contributed by atoms with van der Waals surface area (Å²) < 4.78 is 26.7. The second-order valence-electron chi connectivity index (χ2n) is 8.82. The van der Waals surface area contributed by atoms with Crippen molar-refractivity contribution >= 4 is 15.9 Å². The lowest BCUT2D eigenvalue weighted by Gasteiger charge is -2.46. The van der Waals surface area contributed by atoms with Crippen molar-refractivity contribution in [2.24, 2.45) is 0 Å². The SMILES string of the molecule is O=C(N1CC(=C2CN(S(=O)(=O)c3ccccn3)C2)C1)C1(c2ccccc2)CCCCC1. The van der Waals surface area contributed by atoms with Gasteiger partial charge in [-0.2, -0.15) is 4.31 Å². The first-order chi connectivity index (χ1) is 15.0. The molecule has 7 heteroatoms. The summed E-state index contributed by atoms with van der Waals surface area (Å²) >= 11 is 0. The number of nitrogens with zero attached hydrogens (tertiary/aromatic N) is 3. The van der Waals surface area contributed by atoms with E-state index in [4.69, 9.17) is 0 Å². The van der Waals surface area contributed by atoms with E-state index in [0.717, 1.165) is 36.8 Å². The zero-order valence-electron chi connectivity index (χ0n) is 17.5.